The molecule has 0 aromatic rings. The molecule has 2 atom stereocenters. The first-order chi connectivity index (χ1) is 8.52. The van der Waals surface area contributed by atoms with E-state index in [1.807, 2.05) is 20.8 Å². The highest BCUT2D eigenvalue weighted by Crippen LogP contribution is 2.07. The highest BCUT2D eigenvalue weighted by molar-refractivity contribution is 5.82. The molecule has 18 heavy (non-hydrogen) atoms. The molecule has 2 amide bonds. The van der Waals surface area contributed by atoms with Gasteiger partial charge in [-0.1, -0.05) is 27.2 Å². The summed E-state index contributed by atoms with van der Waals surface area (Å²) in [4.78, 5) is 22.5. The van der Waals surface area contributed by atoms with Crippen molar-refractivity contribution in [2.75, 3.05) is 19.6 Å². The van der Waals surface area contributed by atoms with Crippen LogP contribution in [0.4, 0.5) is 4.79 Å². The van der Waals surface area contributed by atoms with Crippen molar-refractivity contribution in [1.82, 2.24) is 16.0 Å². The maximum absolute atomic E-state index is 11.5. The van der Waals surface area contributed by atoms with Crippen molar-refractivity contribution in [3.05, 3.63) is 0 Å². The number of hydrogen-bond acceptors (Lipinski definition) is 3. The van der Waals surface area contributed by atoms with Crippen LogP contribution in [0.5, 0.6) is 0 Å². The molecule has 0 saturated carbocycles. The number of rotatable bonds is 9. The molecule has 0 aliphatic heterocycles. The van der Waals surface area contributed by atoms with Crippen molar-refractivity contribution in [3.63, 3.8) is 0 Å². The molecule has 0 heterocycles. The van der Waals surface area contributed by atoms with Crippen molar-refractivity contribution >= 4 is 12.0 Å². The van der Waals surface area contributed by atoms with E-state index in [-0.39, 0.29) is 5.92 Å². The minimum Gasteiger partial charge on any atom is -0.480 e. The summed E-state index contributed by atoms with van der Waals surface area (Å²) in [5.74, 6) is -1.08. The second-order valence-corrected chi connectivity index (χ2v) is 4.31. The fourth-order valence-electron chi connectivity index (χ4n) is 1.47. The van der Waals surface area contributed by atoms with E-state index in [9.17, 15) is 9.59 Å². The van der Waals surface area contributed by atoms with Crippen LogP contribution in [-0.2, 0) is 4.79 Å². The first kappa shape index (κ1) is 16.7. The molecule has 0 aromatic carbocycles. The van der Waals surface area contributed by atoms with E-state index >= 15 is 0 Å². The summed E-state index contributed by atoms with van der Waals surface area (Å²) in [6, 6.07) is -1.25. The molecule has 0 aliphatic carbocycles. The lowest BCUT2D eigenvalue weighted by Gasteiger charge is -2.20. The fourth-order valence-corrected chi connectivity index (χ4v) is 1.47. The lowest BCUT2D eigenvalue weighted by atomic mass is 9.99. The van der Waals surface area contributed by atoms with Crippen LogP contribution in [0.25, 0.3) is 0 Å². The largest absolute Gasteiger partial charge is 0.480 e. The van der Waals surface area contributed by atoms with Gasteiger partial charge >= 0.3 is 12.0 Å². The van der Waals surface area contributed by atoms with Crippen molar-refractivity contribution in [1.29, 1.82) is 0 Å². The highest BCUT2D eigenvalue weighted by Gasteiger charge is 2.24. The summed E-state index contributed by atoms with van der Waals surface area (Å²) >= 11 is 0. The molecule has 0 aromatic heterocycles. The van der Waals surface area contributed by atoms with E-state index in [1.54, 1.807) is 0 Å². The molecule has 0 fully saturated rings. The molecule has 6 nitrogen and oxygen atoms in total. The number of carbonyl (C=O) groups excluding carboxylic acids is 1. The Morgan fingerprint density at radius 3 is 2.39 bits per heavy atom. The van der Waals surface area contributed by atoms with Crippen LogP contribution in [0.1, 0.15) is 33.6 Å². The van der Waals surface area contributed by atoms with Crippen LogP contribution >= 0.6 is 0 Å². The summed E-state index contributed by atoms with van der Waals surface area (Å²) in [6.07, 6.45) is 1.53. The van der Waals surface area contributed by atoms with E-state index in [2.05, 4.69) is 16.0 Å². The number of carboxylic acids is 1. The lowest BCUT2D eigenvalue weighted by Crippen LogP contribution is -2.49. The Hall–Kier alpha value is -1.30. The smallest absolute Gasteiger partial charge is 0.326 e. The monoisotopic (exact) mass is 259 g/mol. The first-order valence-corrected chi connectivity index (χ1v) is 6.50. The van der Waals surface area contributed by atoms with Crippen molar-refractivity contribution < 1.29 is 14.7 Å². The van der Waals surface area contributed by atoms with Crippen LogP contribution in [0.2, 0.25) is 0 Å². The third-order valence-electron chi connectivity index (χ3n) is 2.83. The van der Waals surface area contributed by atoms with Crippen molar-refractivity contribution in [2.24, 2.45) is 5.92 Å². The number of urea groups is 1. The lowest BCUT2D eigenvalue weighted by molar-refractivity contribution is -0.140. The van der Waals surface area contributed by atoms with Gasteiger partial charge in [0.2, 0.25) is 0 Å². The van der Waals surface area contributed by atoms with Gasteiger partial charge in [-0.15, -0.1) is 0 Å². The van der Waals surface area contributed by atoms with E-state index in [0.717, 1.165) is 19.5 Å². The normalized spacial score (nSPS) is 13.7. The van der Waals surface area contributed by atoms with E-state index in [0.29, 0.717) is 13.0 Å². The summed E-state index contributed by atoms with van der Waals surface area (Å²) in [7, 11) is 0. The minimum absolute atomic E-state index is 0.0880. The Kier molecular flexibility index (Phi) is 9.00. The Labute approximate surface area is 109 Å². The minimum atomic E-state index is -0.993. The fraction of sp³-hybridized carbons (Fsp3) is 0.833. The SMILES string of the molecule is CCNCCCNC(=O)N[C@H](C(=O)O)[C@@H](C)CC. The average Bonchev–Trinajstić information content (AvgIpc) is 2.34. The third kappa shape index (κ3) is 7.11. The quantitative estimate of drug-likeness (QED) is 0.461. The molecule has 0 spiro atoms. The van der Waals surface area contributed by atoms with Crippen LogP contribution < -0.4 is 16.0 Å². The maximum atomic E-state index is 11.5. The molecule has 0 bridgehead atoms. The number of amides is 2. The second kappa shape index (κ2) is 9.70. The molecule has 0 saturated heterocycles. The molecular formula is C12H25N3O3. The Bertz CT molecular complexity index is 259. The number of aliphatic carboxylic acids is 1. The van der Waals surface area contributed by atoms with Gasteiger partial charge in [0.15, 0.2) is 0 Å². The third-order valence-corrected chi connectivity index (χ3v) is 2.83. The zero-order chi connectivity index (χ0) is 14.0. The second-order valence-electron chi connectivity index (χ2n) is 4.31. The van der Waals surface area contributed by atoms with Crippen molar-refractivity contribution in [3.8, 4) is 0 Å². The van der Waals surface area contributed by atoms with Crippen molar-refractivity contribution in [2.45, 2.75) is 39.7 Å². The summed E-state index contributed by atoms with van der Waals surface area (Å²) in [5.41, 5.74) is 0. The number of carboxylic acid groups (broad SMARTS) is 1. The van der Waals surface area contributed by atoms with Crippen LogP contribution in [-0.4, -0.2) is 42.8 Å². The maximum Gasteiger partial charge on any atom is 0.326 e. The van der Waals surface area contributed by atoms with Gasteiger partial charge in [0, 0.05) is 6.54 Å². The summed E-state index contributed by atoms with van der Waals surface area (Å²) in [6.45, 7) is 8.00. The van der Waals surface area contributed by atoms with Gasteiger partial charge in [0.1, 0.15) is 6.04 Å². The number of hydrogen-bond donors (Lipinski definition) is 4. The van der Waals surface area contributed by atoms with Crippen LogP contribution in [0, 0.1) is 5.92 Å². The van der Waals surface area contributed by atoms with Crippen LogP contribution in [0.15, 0.2) is 0 Å². The van der Waals surface area contributed by atoms with Gasteiger partial charge in [-0.2, -0.15) is 0 Å². The molecule has 0 aliphatic rings. The van der Waals surface area contributed by atoms with Gasteiger partial charge in [0.05, 0.1) is 0 Å². The predicted molar refractivity (Wildman–Crippen MR) is 70.6 cm³/mol. The van der Waals surface area contributed by atoms with E-state index in [1.165, 1.54) is 0 Å². The van der Waals surface area contributed by atoms with E-state index in [4.69, 9.17) is 5.11 Å². The zero-order valence-corrected chi connectivity index (χ0v) is 11.5. The Balaban J connectivity index is 3.92. The standard InChI is InChI=1S/C12H25N3O3/c1-4-9(3)10(11(16)17)15-12(18)14-8-6-7-13-5-2/h9-10,13H,4-8H2,1-3H3,(H,16,17)(H2,14,15,18)/t9-,10-/m0/s1. The Morgan fingerprint density at radius 1 is 1.22 bits per heavy atom. The average molecular weight is 259 g/mol. The molecule has 0 rings (SSSR count). The van der Waals surface area contributed by atoms with Gasteiger partial charge in [0.25, 0.3) is 0 Å². The molecule has 0 unspecified atom stereocenters. The topological polar surface area (TPSA) is 90.5 Å². The molecule has 6 heteroatoms. The number of carbonyl (C=O) groups is 2. The van der Waals surface area contributed by atoms with Gasteiger partial charge in [-0.25, -0.2) is 9.59 Å². The molecule has 4 N–H and O–H groups in total. The Morgan fingerprint density at radius 2 is 1.89 bits per heavy atom. The summed E-state index contributed by atoms with van der Waals surface area (Å²) < 4.78 is 0. The first-order valence-electron chi connectivity index (χ1n) is 6.50. The van der Waals surface area contributed by atoms with Gasteiger partial charge < -0.3 is 21.1 Å². The molecule has 0 radical (unpaired) electrons. The van der Waals surface area contributed by atoms with E-state index < -0.39 is 18.0 Å². The van der Waals surface area contributed by atoms with Gasteiger partial charge in [-0.05, 0) is 25.4 Å². The summed E-state index contributed by atoms with van der Waals surface area (Å²) in [5, 5.41) is 17.3. The molecule has 106 valence electrons. The zero-order valence-electron chi connectivity index (χ0n) is 11.5. The highest BCUT2D eigenvalue weighted by atomic mass is 16.4. The molecular weight excluding hydrogens is 234 g/mol. The predicted octanol–water partition coefficient (Wildman–Crippen LogP) is 0.785. The van der Waals surface area contributed by atoms with Crippen LogP contribution in [0.3, 0.4) is 0 Å². The number of nitrogens with one attached hydrogen (secondary N) is 3. The van der Waals surface area contributed by atoms with Gasteiger partial charge in [-0.3, -0.25) is 0 Å².